The van der Waals surface area contributed by atoms with Crippen molar-refractivity contribution in [1.29, 1.82) is 0 Å². The number of benzene rings is 2. The van der Waals surface area contributed by atoms with E-state index in [1.807, 2.05) is 46.7 Å². The molecule has 0 radical (unpaired) electrons. The van der Waals surface area contributed by atoms with Gasteiger partial charge < -0.3 is 0 Å². The minimum atomic E-state index is -0.100. The molecule has 28 heavy (non-hydrogen) atoms. The van der Waals surface area contributed by atoms with Crippen molar-refractivity contribution in [2.75, 3.05) is 7.05 Å². The third-order valence-corrected chi connectivity index (χ3v) is 5.61. The fourth-order valence-electron chi connectivity index (χ4n) is 3.26. The number of nitrogens with zero attached hydrogens (tertiary/aromatic N) is 5. The Morgan fingerprint density at radius 3 is 2.68 bits per heavy atom. The number of hydrogen-bond donors (Lipinski definition) is 0. The zero-order valence-corrected chi connectivity index (χ0v) is 17.6. The second-order valence-corrected chi connectivity index (χ2v) is 7.90. The van der Waals surface area contributed by atoms with Crippen molar-refractivity contribution >= 4 is 52.1 Å². The van der Waals surface area contributed by atoms with Gasteiger partial charge in [-0.1, -0.05) is 41.4 Å². The summed E-state index contributed by atoms with van der Waals surface area (Å²) in [6.45, 7) is 1.05. The number of aryl methyl sites for hydroxylation is 1. The van der Waals surface area contributed by atoms with Crippen molar-refractivity contribution in [3.8, 4) is 0 Å². The predicted octanol–water partition coefficient (Wildman–Crippen LogP) is 4.11. The normalized spacial score (nSPS) is 11.8. The van der Waals surface area contributed by atoms with Crippen molar-refractivity contribution in [2.24, 2.45) is 7.05 Å². The molecule has 0 aliphatic heterocycles. The summed E-state index contributed by atoms with van der Waals surface area (Å²) in [6, 6.07) is 12.8. The Labute approximate surface area is 176 Å². The third kappa shape index (κ3) is 3.24. The monoisotopic (exact) mass is 433 g/mol. The maximum atomic E-state index is 12.6. The van der Waals surface area contributed by atoms with Crippen LogP contribution in [0.2, 0.25) is 10.0 Å². The van der Waals surface area contributed by atoms with Crippen LogP contribution < -0.4 is 5.56 Å². The van der Waals surface area contributed by atoms with Crippen molar-refractivity contribution in [3.05, 3.63) is 73.2 Å². The van der Waals surface area contributed by atoms with E-state index in [1.165, 1.54) is 4.57 Å². The Morgan fingerprint density at radius 2 is 1.93 bits per heavy atom. The number of halogens is 2. The van der Waals surface area contributed by atoms with Crippen LogP contribution in [0.5, 0.6) is 0 Å². The van der Waals surface area contributed by atoms with Crippen LogP contribution in [-0.4, -0.2) is 30.7 Å². The van der Waals surface area contributed by atoms with Crippen molar-refractivity contribution in [3.63, 3.8) is 0 Å². The van der Waals surface area contributed by atoms with E-state index in [9.17, 15) is 4.79 Å². The summed E-state index contributed by atoms with van der Waals surface area (Å²) in [6.07, 6.45) is 0. The minimum Gasteiger partial charge on any atom is -0.283 e. The van der Waals surface area contributed by atoms with Gasteiger partial charge in [0, 0.05) is 23.6 Å². The molecular formula is C19H17Cl2N5OS. The van der Waals surface area contributed by atoms with Gasteiger partial charge in [0.05, 0.1) is 17.6 Å². The first kappa shape index (κ1) is 19.1. The Hall–Kier alpha value is -2.19. The number of rotatable bonds is 4. The van der Waals surface area contributed by atoms with E-state index in [0.29, 0.717) is 39.2 Å². The van der Waals surface area contributed by atoms with Crippen molar-refractivity contribution in [2.45, 2.75) is 13.2 Å². The van der Waals surface area contributed by atoms with Gasteiger partial charge in [-0.25, -0.2) is 4.68 Å². The Morgan fingerprint density at radius 1 is 1.18 bits per heavy atom. The SMILES string of the molecule is CN(Cc1ccc(Cl)cc1Cl)Cn1nc2n(C)c(=O)c3ccccc3n2c1=S. The summed E-state index contributed by atoms with van der Waals surface area (Å²) in [7, 11) is 3.65. The standard InChI is InChI=1S/C19H17Cl2N5OS/c1-23(10-12-7-8-13(20)9-15(12)21)11-25-19(28)26-16-6-4-3-5-14(16)17(27)24(2)18(26)22-25/h3-9H,10-11H2,1-2H3. The summed E-state index contributed by atoms with van der Waals surface area (Å²) in [5.41, 5.74) is 1.61. The zero-order chi connectivity index (χ0) is 20.0. The molecule has 2 heterocycles. The molecule has 0 saturated heterocycles. The molecule has 4 rings (SSSR count). The fourth-order valence-corrected chi connectivity index (χ4v) is 4.00. The lowest BCUT2D eigenvalue weighted by Gasteiger charge is -2.17. The molecule has 0 unspecified atom stereocenters. The van der Waals surface area contributed by atoms with E-state index >= 15 is 0 Å². The van der Waals surface area contributed by atoms with Crippen LogP contribution in [-0.2, 0) is 20.3 Å². The van der Waals surface area contributed by atoms with Crippen LogP contribution in [0.15, 0.2) is 47.3 Å². The Kier molecular flexibility index (Phi) is 5.01. The number of fused-ring (bicyclic) bond motifs is 3. The lowest BCUT2D eigenvalue weighted by atomic mass is 10.2. The van der Waals surface area contributed by atoms with E-state index < -0.39 is 0 Å². The zero-order valence-electron chi connectivity index (χ0n) is 15.3. The molecule has 0 aliphatic carbocycles. The van der Waals surface area contributed by atoms with E-state index in [1.54, 1.807) is 23.9 Å². The fraction of sp³-hybridized carbons (Fsp3) is 0.211. The molecule has 144 valence electrons. The van der Waals surface area contributed by atoms with Crippen LogP contribution in [0.3, 0.4) is 0 Å². The summed E-state index contributed by atoms with van der Waals surface area (Å²) in [5, 5.41) is 6.41. The predicted molar refractivity (Wildman–Crippen MR) is 115 cm³/mol. The average molecular weight is 434 g/mol. The van der Waals surface area contributed by atoms with Crippen LogP contribution >= 0.6 is 35.4 Å². The van der Waals surface area contributed by atoms with Gasteiger partial charge >= 0.3 is 0 Å². The first-order valence-corrected chi connectivity index (χ1v) is 9.73. The van der Waals surface area contributed by atoms with Gasteiger partial charge in [0.15, 0.2) is 0 Å². The summed E-state index contributed by atoms with van der Waals surface area (Å²) in [5.74, 6) is 0.506. The van der Waals surface area contributed by atoms with E-state index in [0.717, 1.165) is 11.1 Å². The smallest absolute Gasteiger partial charge is 0.262 e. The summed E-state index contributed by atoms with van der Waals surface area (Å²) < 4.78 is 5.58. The maximum absolute atomic E-state index is 12.6. The van der Waals surface area contributed by atoms with Crippen LogP contribution in [0.1, 0.15) is 5.56 Å². The molecule has 0 bridgehead atoms. The van der Waals surface area contributed by atoms with Gasteiger partial charge in [0.1, 0.15) is 0 Å². The highest BCUT2D eigenvalue weighted by atomic mass is 35.5. The maximum Gasteiger partial charge on any atom is 0.262 e. The third-order valence-electron chi connectivity index (χ3n) is 4.63. The second kappa shape index (κ2) is 7.33. The van der Waals surface area contributed by atoms with E-state index in [4.69, 9.17) is 35.4 Å². The molecule has 2 aromatic carbocycles. The van der Waals surface area contributed by atoms with Gasteiger partial charge in [-0.3, -0.25) is 18.7 Å². The average Bonchev–Trinajstić information content (AvgIpc) is 2.99. The van der Waals surface area contributed by atoms with Crippen LogP contribution in [0.25, 0.3) is 16.7 Å². The van der Waals surface area contributed by atoms with Gasteiger partial charge in [-0.2, -0.15) is 0 Å². The Balaban J connectivity index is 1.74. The van der Waals surface area contributed by atoms with Crippen molar-refractivity contribution < 1.29 is 0 Å². The quantitative estimate of drug-likeness (QED) is 0.454. The molecule has 0 fully saturated rings. The molecule has 9 heteroatoms. The number of para-hydroxylation sites is 1. The molecule has 0 N–H and O–H groups in total. The highest BCUT2D eigenvalue weighted by Gasteiger charge is 2.14. The van der Waals surface area contributed by atoms with Crippen molar-refractivity contribution in [1.82, 2.24) is 23.6 Å². The largest absolute Gasteiger partial charge is 0.283 e. The molecule has 2 aromatic heterocycles. The highest BCUT2D eigenvalue weighted by molar-refractivity contribution is 7.71. The van der Waals surface area contributed by atoms with E-state index in [-0.39, 0.29) is 5.56 Å². The summed E-state index contributed by atoms with van der Waals surface area (Å²) in [4.78, 5) is 14.7. The van der Waals surface area contributed by atoms with Crippen LogP contribution in [0.4, 0.5) is 0 Å². The van der Waals surface area contributed by atoms with Gasteiger partial charge in [0.2, 0.25) is 10.5 Å². The first-order valence-electron chi connectivity index (χ1n) is 8.56. The molecule has 0 atom stereocenters. The molecule has 0 saturated carbocycles. The number of aromatic nitrogens is 4. The second-order valence-electron chi connectivity index (χ2n) is 6.69. The van der Waals surface area contributed by atoms with E-state index in [2.05, 4.69) is 5.10 Å². The molecule has 4 aromatic rings. The number of hydrogen-bond acceptors (Lipinski definition) is 4. The lowest BCUT2D eigenvalue weighted by Crippen LogP contribution is -2.23. The van der Waals surface area contributed by atoms with Gasteiger partial charge in [-0.15, -0.1) is 5.10 Å². The molecular weight excluding hydrogens is 417 g/mol. The molecule has 6 nitrogen and oxygen atoms in total. The summed E-state index contributed by atoms with van der Waals surface area (Å²) >= 11 is 17.9. The molecule has 0 amide bonds. The van der Waals surface area contributed by atoms with Crippen LogP contribution in [0, 0.1) is 4.77 Å². The first-order chi connectivity index (χ1) is 13.4. The topological polar surface area (TPSA) is 47.5 Å². The lowest BCUT2D eigenvalue weighted by molar-refractivity contribution is 0.244. The Bertz CT molecular complexity index is 1320. The molecule has 0 aliphatic rings. The molecule has 0 spiro atoms. The minimum absolute atomic E-state index is 0.100. The highest BCUT2D eigenvalue weighted by Crippen LogP contribution is 2.22. The van der Waals surface area contributed by atoms with Gasteiger partial charge in [0.25, 0.3) is 5.56 Å². The van der Waals surface area contributed by atoms with Gasteiger partial charge in [-0.05, 0) is 49.1 Å².